The smallest absolute Gasteiger partial charge is 0.243 e. The molecule has 0 aliphatic heterocycles. The first kappa shape index (κ1) is 32.3. The summed E-state index contributed by atoms with van der Waals surface area (Å²) in [5.74, 6) is -0.146. The lowest BCUT2D eigenvalue weighted by atomic mass is 10.0. The Balaban J connectivity index is 1.87. The molecule has 0 spiro atoms. The lowest BCUT2D eigenvalue weighted by molar-refractivity contribution is -0.141. The van der Waals surface area contributed by atoms with Gasteiger partial charge in [0.25, 0.3) is 0 Å². The lowest BCUT2D eigenvalue weighted by Crippen LogP contribution is -2.51. The number of sulfonamides is 1. The Hall–Kier alpha value is -3.17. The van der Waals surface area contributed by atoms with Crippen molar-refractivity contribution in [3.05, 3.63) is 100 Å². The van der Waals surface area contributed by atoms with Gasteiger partial charge in [-0.25, -0.2) is 8.42 Å². The fourth-order valence-electron chi connectivity index (χ4n) is 4.55. The Morgan fingerprint density at radius 3 is 2.22 bits per heavy atom. The first-order chi connectivity index (χ1) is 19.4. The molecule has 0 bridgehead atoms. The lowest BCUT2D eigenvalue weighted by Gasteiger charge is -2.32. The highest BCUT2D eigenvalue weighted by molar-refractivity contribution is 9.10. The zero-order valence-corrected chi connectivity index (χ0v) is 26.6. The number of nitrogens with zero attached hydrogens (tertiary/aromatic N) is 2. The van der Waals surface area contributed by atoms with E-state index in [0.29, 0.717) is 25.1 Å². The van der Waals surface area contributed by atoms with Gasteiger partial charge in [-0.05, 0) is 60.2 Å². The summed E-state index contributed by atoms with van der Waals surface area (Å²) < 4.78 is 27.5. The van der Waals surface area contributed by atoms with Crippen LogP contribution in [0.5, 0.6) is 0 Å². The number of halogens is 1. The highest BCUT2D eigenvalue weighted by atomic mass is 79.9. The van der Waals surface area contributed by atoms with Crippen molar-refractivity contribution in [1.82, 2.24) is 10.2 Å². The van der Waals surface area contributed by atoms with Crippen molar-refractivity contribution in [1.29, 1.82) is 0 Å². The van der Waals surface area contributed by atoms with Crippen molar-refractivity contribution < 1.29 is 18.0 Å². The summed E-state index contributed by atoms with van der Waals surface area (Å²) in [5.41, 5.74) is 3.37. The molecular weight excluding hydrogens is 602 g/mol. The van der Waals surface area contributed by atoms with Crippen molar-refractivity contribution in [2.75, 3.05) is 23.7 Å². The minimum Gasteiger partial charge on any atom is -0.354 e. The molecule has 41 heavy (non-hydrogen) atoms. The Morgan fingerprint density at radius 2 is 1.61 bits per heavy atom. The fourth-order valence-corrected chi connectivity index (χ4v) is 5.77. The number of carbonyl (C=O) groups excluding carboxylic acids is 2. The van der Waals surface area contributed by atoms with Gasteiger partial charge in [-0.2, -0.15) is 0 Å². The van der Waals surface area contributed by atoms with Crippen LogP contribution in [-0.4, -0.2) is 50.5 Å². The Morgan fingerprint density at radius 1 is 0.927 bits per heavy atom. The first-order valence-corrected chi connectivity index (χ1v) is 16.5. The first-order valence-electron chi connectivity index (χ1n) is 13.8. The zero-order valence-electron chi connectivity index (χ0n) is 24.2. The molecule has 1 N–H and O–H groups in total. The number of anilines is 1. The number of carbonyl (C=O) groups is 2. The van der Waals surface area contributed by atoms with Crippen LogP contribution < -0.4 is 9.62 Å². The Bertz CT molecular complexity index is 1400. The normalized spacial score (nSPS) is 12.1. The van der Waals surface area contributed by atoms with E-state index in [2.05, 4.69) is 21.2 Å². The summed E-state index contributed by atoms with van der Waals surface area (Å²) in [6, 6.07) is 23.9. The van der Waals surface area contributed by atoms with Crippen LogP contribution in [-0.2, 0) is 32.6 Å². The third-order valence-corrected chi connectivity index (χ3v) is 8.39. The number of rotatable bonds is 14. The molecule has 2 amide bonds. The van der Waals surface area contributed by atoms with Crippen LogP contribution >= 0.6 is 15.9 Å². The van der Waals surface area contributed by atoms with Crippen molar-refractivity contribution in [2.24, 2.45) is 5.92 Å². The minimum atomic E-state index is -3.55. The van der Waals surface area contributed by atoms with Gasteiger partial charge in [0, 0.05) is 36.9 Å². The van der Waals surface area contributed by atoms with E-state index >= 15 is 0 Å². The number of nitrogens with one attached hydrogen (secondary N) is 1. The maximum absolute atomic E-state index is 13.9. The summed E-state index contributed by atoms with van der Waals surface area (Å²) in [5, 5.41) is 3.03. The number of amides is 2. The van der Waals surface area contributed by atoms with Crippen LogP contribution in [0.2, 0.25) is 0 Å². The van der Waals surface area contributed by atoms with Crippen molar-refractivity contribution >= 4 is 43.5 Å². The number of aryl methyl sites for hydroxylation is 1. The molecule has 0 fully saturated rings. The van der Waals surface area contributed by atoms with E-state index in [1.807, 2.05) is 93.6 Å². The molecule has 0 aliphatic rings. The van der Waals surface area contributed by atoms with Gasteiger partial charge in [0.1, 0.15) is 6.04 Å². The van der Waals surface area contributed by atoms with Crippen molar-refractivity contribution in [3.8, 4) is 0 Å². The van der Waals surface area contributed by atoms with E-state index < -0.39 is 16.1 Å². The molecule has 3 aromatic rings. The van der Waals surface area contributed by atoms with Crippen LogP contribution in [0.15, 0.2) is 83.3 Å². The predicted octanol–water partition coefficient (Wildman–Crippen LogP) is 5.72. The predicted molar refractivity (Wildman–Crippen MR) is 169 cm³/mol. The summed E-state index contributed by atoms with van der Waals surface area (Å²) >= 11 is 3.46. The molecule has 0 heterocycles. The molecule has 0 aromatic heterocycles. The number of hydrogen-bond donors (Lipinski definition) is 1. The highest BCUT2D eigenvalue weighted by Crippen LogP contribution is 2.21. The molecule has 1 atom stereocenters. The van der Waals surface area contributed by atoms with Gasteiger partial charge in [-0.1, -0.05) is 84.4 Å². The quantitative estimate of drug-likeness (QED) is 0.244. The molecule has 0 saturated carbocycles. The second-order valence-electron chi connectivity index (χ2n) is 10.8. The average Bonchev–Trinajstić information content (AvgIpc) is 2.92. The minimum absolute atomic E-state index is 0.0944. The number of benzene rings is 3. The maximum Gasteiger partial charge on any atom is 0.243 e. The van der Waals surface area contributed by atoms with Gasteiger partial charge < -0.3 is 10.2 Å². The monoisotopic (exact) mass is 641 g/mol. The van der Waals surface area contributed by atoms with Gasteiger partial charge in [-0.3, -0.25) is 13.9 Å². The molecule has 7 nitrogen and oxygen atoms in total. The number of hydrogen-bond acceptors (Lipinski definition) is 4. The zero-order chi connectivity index (χ0) is 30.0. The largest absolute Gasteiger partial charge is 0.354 e. The Kier molecular flexibility index (Phi) is 12.0. The summed E-state index contributed by atoms with van der Waals surface area (Å²) in [6.07, 6.45) is 1.94. The molecule has 1 unspecified atom stereocenters. The van der Waals surface area contributed by atoms with Crippen LogP contribution in [0.25, 0.3) is 0 Å². The summed E-state index contributed by atoms with van der Waals surface area (Å²) in [7, 11) is -3.55. The topological polar surface area (TPSA) is 86.8 Å². The fraction of sp³-hybridized carbons (Fsp3) is 0.375. The molecule has 220 valence electrons. The van der Waals surface area contributed by atoms with Crippen LogP contribution in [0, 0.1) is 12.8 Å². The van der Waals surface area contributed by atoms with Gasteiger partial charge >= 0.3 is 0 Å². The van der Waals surface area contributed by atoms with E-state index in [9.17, 15) is 18.0 Å². The summed E-state index contributed by atoms with van der Waals surface area (Å²) in [6.45, 7) is 6.88. The maximum atomic E-state index is 13.9. The highest BCUT2D eigenvalue weighted by Gasteiger charge is 2.30. The second-order valence-corrected chi connectivity index (χ2v) is 13.6. The van der Waals surface area contributed by atoms with Crippen molar-refractivity contribution in [3.63, 3.8) is 0 Å². The third kappa shape index (κ3) is 10.3. The van der Waals surface area contributed by atoms with E-state index in [1.54, 1.807) is 11.0 Å². The van der Waals surface area contributed by atoms with Gasteiger partial charge in [-0.15, -0.1) is 0 Å². The molecule has 0 saturated heterocycles. The molecule has 3 rings (SSSR count). The summed E-state index contributed by atoms with van der Waals surface area (Å²) in [4.78, 5) is 29.1. The second kappa shape index (κ2) is 15.2. The van der Waals surface area contributed by atoms with Crippen LogP contribution in [0.3, 0.4) is 0 Å². The molecule has 0 aliphatic carbocycles. The molecular formula is C32H40BrN3O4S. The molecule has 9 heteroatoms. The van der Waals surface area contributed by atoms with E-state index in [4.69, 9.17) is 0 Å². The van der Waals surface area contributed by atoms with Crippen LogP contribution in [0.4, 0.5) is 5.69 Å². The SMILES string of the molecule is Cc1cccc(N(CCCC(=O)N(Cc2ccc(Br)cc2)C(Cc2ccccc2)C(=O)NCC(C)C)S(C)(=O)=O)c1. The van der Waals surface area contributed by atoms with Gasteiger partial charge in [0.05, 0.1) is 11.9 Å². The Labute approximate surface area is 253 Å². The van der Waals surface area contributed by atoms with Gasteiger partial charge in [0.2, 0.25) is 21.8 Å². The van der Waals surface area contributed by atoms with E-state index in [1.165, 1.54) is 10.6 Å². The average molecular weight is 643 g/mol. The van der Waals surface area contributed by atoms with E-state index in [-0.39, 0.29) is 37.2 Å². The van der Waals surface area contributed by atoms with Gasteiger partial charge in [0.15, 0.2) is 0 Å². The van der Waals surface area contributed by atoms with E-state index in [0.717, 1.165) is 21.2 Å². The van der Waals surface area contributed by atoms with Crippen molar-refractivity contribution in [2.45, 2.75) is 52.6 Å². The molecule has 3 aromatic carbocycles. The molecule has 0 radical (unpaired) electrons. The standard InChI is InChI=1S/C32H40BrN3O4S/c1-24(2)22-34-32(38)30(21-26-11-6-5-7-12-26)35(23-27-15-17-28(33)18-16-27)31(37)14-9-19-36(41(4,39)40)29-13-8-10-25(3)20-29/h5-8,10-13,15-18,20,24,30H,9,14,19,21-23H2,1-4H3,(H,34,38). The third-order valence-electron chi connectivity index (χ3n) is 6.66. The van der Waals surface area contributed by atoms with Crippen LogP contribution in [0.1, 0.15) is 43.4 Å².